The Morgan fingerprint density at radius 1 is 1.08 bits per heavy atom. The van der Waals surface area contributed by atoms with Crippen molar-refractivity contribution in [3.63, 3.8) is 0 Å². The highest BCUT2D eigenvalue weighted by atomic mass is 32.2. The first-order chi connectivity index (χ1) is 17.3. The van der Waals surface area contributed by atoms with Gasteiger partial charge in [0.05, 0.1) is 12.0 Å². The minimum absolute atomic E-state index is 0.0803. The van der Waals surface area contributed by atoms with Crippen molar-refractivity contribution in [2.75, 3.05) is 12.4 Å². The Hall–Kier alpha value is -2.85. The topological polar surface area (TPSA) is 105 Å². The molecule has 1 saturated carbocycles. The van der Waals surface area contributed by atoms with Crippen LogP contribution in [0.1, 0.15) is 51.0 Å². The summed E-state index contributed by atoms with van der Waals surface area (Å²) < 4.78 is 35.5. The molecule has 1 aliphatic heterocycles. The second-order valence-corrected chi connectivity index (χ2v) is 11.7. The molecule has 1 saturated heterocycles. The highest BCUT2D eigenvalue weighted by Crippen LogP contribution is 2.36. The zero-order chi connectivity index (χ0) is 25.7. The summed E-state index contributed by atoms with van der Waals surface area (Å²) in [5.74, 6) is 0.0879. The predicted molar refractivity (Wildman–Crippen MR) is 142 cm³/mol. The number of methoxy groups -OCH3 is 1. The Morgan fingerprint density at radius 3 is 2.36 bits per heavy atom. The molecule has 2 aromatic rings. The molecule has 192 valence electrons. The summed E-state index contributed by atoms with van der Waals surface area (Å²) in [4.78, 5) is 27.8. The van der Waals surface area contributed by atoms with Crippen LogP contribution in [0.3, 0.4) is 0 Å². The van der Waals surface area contributed by atoms with Gasteiger partial charge in [-0.05, 0) is 61.2 Å². The standard InChI is InChI=1S/C26H31N3O5S2/c1-3-18-9-15-22(16-10-18)36(32,33)28-26-29(20-7-5-4-6-8-20)25(31)23(35-26)17-24(30)27-19-11-13-21(34-2)14-12-19/h9-16,20,23H,3-8,17H2,1-2H3,(H,27,30)/t23-/m0/s1. The van der Waals surface area contributed by atoms with E-state index >= 15 is 0 Å². The fourth-order valence-electron chi connectivity index (χ4n) is 4.46. The van der Waals surface area contributed by atoms with Crippen molar-refractivity contribution in [1.82, 2.24) is 4.90 Å². The van der Waals surface area contributed by atoms with E-state index in [0.717, 1.165) is 55.9 Å². The van der Waals surface area contributed by atoms with Gasteiger partial charge in [-0.25, -0.2) is 0 Å². The number of carbonyl (C=O) groups excluding carboxylic acids is 2. The second-order valence-electron chi connectivity index (χ2n) is 8.93. The van der Waals surface area contributed by atoms with Crippen LogP contribution in [-0.2, 0) is 26.0 Å². The predicted octanol–water partition coefficient (Wildman–Crippen LogP) is 4.61. The SMILES string of the molecule is CCc1ccc(S(=O)(=O)N=C2S[C@@H](CC(=O)Nc3ccc(OC)cc3)C(=O)N2C2CCCCC2)cc1. The molecule has 2 aliphatic rings. The zero-order valence-electron chi connectivity index (χ0n) is 20.5. The highest BCUT2D eigenvalue weighted by molar-refractivity contribution is 8.16. The average Bonchev–Trinajstić information content (AvgIpc) is 3.18. The number of nitrogens with one attached hydrogen (secondary N) is 1. The van der Waals surface area contributed by atoms with Gasteiger partial charge in [0.2, 0.25) is 11.8 Å². The number of thioether (sulfide) groups is 1. The molecule has 0 bridgehead atoms. The summed E-state index contributed by atoms with van der Waals surface area (Å²) in [5, 5.41) is 2.22. The summed E-state index contributed by atoms with van der Waals surface area (Å²) in [6.07, 6.45) is 5.34. The third-order valence-corrected chi connectivity index (χ3v) is 9.03. The van der Waals surface area contributed by atoms with E-state index in [-0.39, 0.29) is 34.3 Å². The summed E-state index contributed by atoms with van der Waals surface area (Å²) in [6, 6.07) is 13.4. The van der Waals surface area contributed by atoms with Crippen molar-refractivity contribution in [2.45, 2.75) is 68.1 Å². The molecule has 1 aliphatic carbocycles. The fourth-order valence-corrected chi connectivity index (χ4v) is 6.86. The van der Waals surface area contributed by atoms with Crippen LogP contribution in [0.15, 0.2) is 57.8 Å². The van der Waals surface area contributed by atoms with Crippen molar-refractivity contribution < 1.29 is 22.7 Å². The third-order valence-electron chi connectivity index (χ3n) is 6.48. The Balaban J connectivity index is 1.55. The number of hydrogen-bond acceptors (Lipinski definition) is 6. The molecule has 1 heterocycles. The van der Waals surface area contributed by atoms with Crippen LogP contribution in [0.5, 0.6) is 5.75 Å². The number of sulfonamides is 1. The van der Waals surface area contributed by atoms with Gasteiger partial charge in [-0.15, -0.1) is 4.40 Å². The number of aryl methyl sites for hydroxylation is 1. The second kappa shape index (κ2) is 11.5. The van der Waals surface area contributed by atoms with Crippen molar-refractivity contribution in [3.8, 4) is 5.75 Å². The molecular formula is C26H31N3O5S2. The first-order valence-electron chi connectivity index (χ1n) is 12.2. The van der Waals surface area contributed by atoms with Gasteiger partial charge in [0.1, 0.15) is 11.0 Å². The molecule has 2 fully saturated rings. The first-order valence-corrected chi connectivity index (χ1v) is 14.5. The van der Waals surface area contributed by atoms with Crippen molar-refractivity contribution >= 4 is 44.5 Å². The third kappa shape index (κ3) is 6.10. The number of amidine groups is 1. The Labute approximate surface area is 216 Å². The lowest BCUT2D eigenvalue weighted by Gasteiger charge is -2.30. The molecule has 0 radical (unpaired) electrons. The lowest BCUT2D eigenvalue weighted by molar-refractivity contribution is -0.130. The van der Waals surface area contributed by atoms with E-state index in [4.69, 9.17) is 4.74 Å². The lowest BCUT2D eigenvalue weighted by atomic mass is 9.94. The molecule has 2 amide bonds. The molecule has 36 heavy (non-hydrogen) atoms. The maximum Gasteiger partial charge on any atom is 0.284 e. The summed E-state index contributed by atoms with van der Waals surface area (Å²) >= 11 is 1.06. The van der Waals surface area contributed by atoms with Gasteiger partial charge in [0.25, 0.3) is 10.0 Å². The van der Waals surface area contributed by atoms with E-state index in [1.807, 2.05) is 6.92 Å². The van der Waals surface area contributed by atoms with Crippen molar-refractivity contribution in [3.05, 3.63) is 54.1 Å². The number of benzene rings is 2. The number of ether oxygens (including phenoxy) is 1. The molecule has 0 unspecified atom stereocenters. The van der Waals surface area contributed by atoms with E-state index < -0.39 is 15.3 Å². The van der Waals surface area contributed by atoms with Crippen LogP contribution in [-0.4, -0.2) is 48.7 Å². The van der Waals surface area contributed by atoms with Gasteiger partial charge >= 0.3 is 0 Å². The molecule has 1 N–H and O–H groups in total. The molecule has 8 nitrogen and oxygen atoms in total. The largest absolute Gasteiger partial charge is 0.497 e. The van der Waals surface area contributed by atoms with Crippen molar-refractivity contribution in [1.29, 1.82) is 0 Å². The number of amides is 2. The van der Waals surface area contributed by atoms with Crippen molar-refractivity contribution in [2.24, 2.45) is 4.40 Å². The molecular weight excluding hydrogens is 498 g/mol. The Morgan fingerprint density at radius 2 is 1.75 bits per heavy atom. The monoisotopic (exact) mass is 529 g/mol. The maximum absolute atomic E-state index is 13.4. The van der Waals surface area contributed by atoms with E-state index in [1.165, 1.54) is 4.90 Å². The molecule has 10 heteroatoms. The molecule has 0 spiro atoms. The Bertz CT molecular complexity index is 1220. The summed E-state index contributed by atoms with van der Waals surface area (Å²) in [5.41, 5.74) is 1.62. The first kappa shape index (κ1) is 26.2. The minimum atomic E-state index is -4.01. The minimum Gasteiger partial charge on any atom is -0.497 e. The fraction of sp³-hybridized carbons (Fsp3) is 0.423. The van der Waals surface area contributed by atoms with Gasteiger partial charge < -0.3 is 10.1 Å². The molecule has 2 aromatic carbocycles. The zero-order valence-corrected chi connectivity index (χ0v) is 22.1. The van der Waals surface area contributed by atoms with Gasteiger partial charge in [0.15, 0.2) is 5.17 Å². The normalized spacial score (nSPS) is 20.1. The van der Waals surface area contributed by atoms with Crippen LogP contribution >= 0.6 is 11.8 Å². The van der Waals surface area contributed by atoms with E-state index in [9.17, 15) is 18.0 Å². The number of rotatable bonds is 8. The molecule has 0 aromatic heterocycles. The number of nitrogens with zero attached hydrogens (tertiary/aromatic N) is 2. The molecule has 1 atom stereocenters. The number of hydrogen-bond donors (Lipinski definition) is 1. The van der Waals surface area contributed by atoms with Crippen LogP contribution in [0, 0.1) is 0 Å². The van der Waals surface area contributed by atoms with E-state index in [1.54, 1.807) is 55.6 Å². The number of carbonyl (C=O) groups is 2. The average molecular weight is 530 g/mol. The highest BCUT2D eigenvalue weighted by Gasteiger charge is 2.43. The molecule has 4 rings (SSSR count). The van der Waals surface area contributed by atoms with E-state index in [0.29, 0.717) is 11.4 Å². The Kier molecular flexibility index (Phi) is 8.35. The van der Waals surface area contributed by atoms with Crippen LogP contribution in [0.2, 0.25) is 0 Å². The van der Waals surface area contributed by atoms with Crippen LogP contribution < -0.4 is 10.1 Å². The summed E-state index contributed by atoms with van der Waals surface area (Å²) in [6.45, 7) is 2.00. The lowest BCUT2D eigenvalue weighted by Crippen LogP contribution is -2.42. The van der Waals surface area contributed by atoms with Gasteiger partial charge in [-0.2, -0.15) is 8.42 Å². The number of anilines is 1. The smallest absolute Gasteiger partial charge is 0.284 e. The van der Waals surface area contributed by atoms with Crippen LogP contribution in [0.4, 0.5) is 5.69 Å². The van der Waals surface area contributed by atoms with E-state index in [2.05, 4.69) is 9.71 Å². The van der Waals surface area contributed by atoms with Gasteiger partial charge in [0, 0.05) is 18.2 Å². The summed E-state index contributed by atoms with van der Waals surface area (Å²) in [7, 11) is -2.45. The van der Waals surface area contributed by atoms with Gasteiger partial charge in [-0.3, -0.25) is 14.5 Å². The maximum atomic E-state index is 13.4. The quantitative estimate of drug-likeness (QED) is 0.536. The van der Waals surface area contributed by atoms with Crippen LogP contribution in [0.25, 0.3) is 0 Å². The van der Waals surface area contributed by atoms with Gasteiger partial charge in [-0.1, -0.05) is 50.1 Å².